The van der Waals surface area contributed by atoms with Crippen LogP contribution in [-0.2, 0) is 11.2 Å². The Balaban J connectivity index is 1.36. The first-order chi connectivity index (χ1) is 13.6. The second kappa shape index (κ2) is 8.59. The molecule has 1 aliphatic rings. The van der Waals surface area contributed by atoms with E-state index >= 15 is 0 Å². The van der Waals surface area contributed by atoms with Crippen molar-refractivity contribution in [3.8, 4) is 0 Å². The quantitative estimate of drug-likeness (QED) is 0.661. The second-order valence-electron chi connectivity index (χ2n) is 6.87. The average molecular weight is 434 g/mol. The predicted octanol–water partition coefficient (Wildman–Crippen LogP) is 3.95. The first-order valence-electron chi connectivity index (χ1n) is 9.25. The summed E-state index contributed by atoms with van der Waals surface area (Å²) in [6.07, 6.45) is 2.55. The topological polar surface area (TPSA) is 62.3 Å². The number of carbonyl (C=O) groups is 1. The van der Waals surface area contributed by atoms with E-state index in [0.29, 0.717) is 22.8 Å². The second-order valence-corrected chi connectivity index (χ2v) is 9.16. The summed E-state index contributed by atoms with van der Waals surface area (Å²) in [7, 11) is 0. The van der Waals surface area contributed by atoms with Crippen molar-refractivity contribution in [1.82, 2.24) is 10.3 Å². The molecule has 2 aromatic heterocycles. The molecule has 0 saturated carbocycles. The highest BCUT2D eigenvalue weighted by molar-refractivity contribution is 7.21. The molecule has 0 radical (unpaired) electrons. The largest absolute Gasteiger partial charge is 0.355 e. The van der Waals surface area contributed by atoms with Crippen LogP contribution in [0.1, 0.15) is 18.4 Å². The number of rotatable bonds is 5. The van der Waals surface area contributed by atoms with E-state index < -0.39 is 0 Å². The van der Waals surface area contributed by atoms with E-state index in [4.69, 9.17) is 11.6 Å². The number of aromatic nitrogens is 1. The minimum atomic E-state index is -0.0822. The van der Waals surface area contributed by atoms with Crippen LogP contribution in [-0.4, -0.2) is 30.5 Å². The summed E-state index contributed by atoms with van der Waals surface area (Å²) in [5.74, 6) is -0.0103. The van der Waals surface area contributed by atoms with Crippen LogP contribution >= 0.6 is 34.3 Å². The summed E-state index contributed by atoms with van der Waals surface area (Å²) in [5, 5.41) is 6.37. The first kappa shape index (κ1) is 19.4. The molecule has 1 aromatic carbocycles. The number of nitrogens with one attached hydrogen (secondary N) is 1. The summed E-state index contributed by atoms with van der Waals surface area (Å²) in [6, 6.07) is 9.55. The summed E-state index contributed by atoms with van der Waals surface area (Å²) >= 11 is 8.50. The Bertz CT molecular complexity index is 1030. The molecule has 0 spiro atoms. The number of hydrogen-bond acceptors (Lipinski definition) is 6. The number of halogens is 1. The van der Waals surface area contributed by atoms with Crippen LogP contribution in [0.15, 0.2) is 40.5 Å². The van der Waals surface area contributed by atoms with Crippen molar-refractivity contribution in [3.05, 3.63) is 55.8 Å². The van der Waals surface area contributed by atoms with E-state index in [1.54, 1.807) is 0 Å². The van der Waals surface area contributed by atoms with Gasteiger partial charge in [0, 0.05) is 24.7 Å². The number of benzene rings is 1. The monoisotopic (exact) mass is 433 g/mol. The number of nitrogens with zero attached hydrogens (tertiary/aromatic N) is 2. The third-order valence-electron chi connectivity index (χ3n) is 4.92. The molecule has 0 unspecified atom stereocenters. The number of carbonyl (C=O) groups excluding carboxylic acids is 1. The van der Waals surface area contributed by atoms with E-state index in [1.165, 1.54) is 22.7 Å². The molecule has 8 heteroatoms. The van der Waals surface area contributed by atoms with Crippen molar-refractivity contribution in [2.24, 2.45) is 5.92 Å². The maximum absolute atomic E-state index is 12.6. The van der Waals surface area contributed by atoms with Crippen LogP contribution in [0.25, 0.3) is 10.2 Å². The summed E-state index contributed by atoms with van der Waals surface area (Å²) in [4.78, 5) is 31.6. The standard InChI is InChI=1S/C20H20ClN3O2S2/c21-15-5-3-13(4-6-15)7-9-22-18(25)14-2-1-10-24(12-14)20-23-16-8-11-27-17(16)19(26)28-20/h3-6,8,11,14H,1-2,7,9-10,12H2,(H,22,25)/t14-/m0/s1. The van der Waals surface area contributed by atoms with Crippen LogP contribution in [0, 0.1) is 5.92 Å². The Morgan fingerprint density at radius 3 is 2.93 bits per heavy atom. The van der Waals surface area contributed by atoms with E-state index in [-0.39, 0.29) is 16.6 Å². The molecule has 3 aromatic rings. The molecule has 4 rings (SSSR count). The predicted molar refractivity (Wildman–Crippen MR) is 117 cm³/mol. The van der Waals surface area contributed by atoms with Crippen LogP contribution in [0.4, 0.5) is 5.13 Å². The van der Waals surface area contributed by atoms with Gasteiger partial charge in [0.05, 0.1) is 11.4 Å². The van der Waals surface area contributed by atoms with Crippen molar-refractivity contribution in [1.29, 1.82) is 0 Å². The molecule has 28 heavy (non-hydrogen) atoms. The number of fused-ring (bicyclic) bond motifs is 1. The van der Waals surface area contributed by atoms with Crippen molar-refractivity contribution in [3.63, 3.8) is 0 Å². The van der Waals surface area contributed by atoms with Gasteiger partial charge < -0.3 is 10.2 Å². The zero-order chi connectivity index (χ0) is 19.5. The summed E-state index contributed by atoms with van der Waals surface area (Å²) in [6.45, 7) is 2.03. The van der Waals surface area contributed by atoms with E-state index in [0.717, 1.165) is 42.0 Å². The molecule has 1 fully saturated rings. The van der Waals surface area contributed by atoms with Gasteiger partial charge in [-0.1, -0.05) is 35.1 Å². The van der Waals surface area contributed by atoms with E-state index in [9.17, 15) is 9.59 Å². The number of amides is 1. The molecule has 1 saturated heterocycles. The molecule has 0 aliphatic carbocycles. The third-order valence-corrected chi connectivity index (χ3v) is 7.12. The lowest BCUT2D eigenvalue weighted by Crippen LogP contribution is -2.43. The third kappa shape index (κ3) is 4.37. The first-order valence-corrected chi connectivity index (χ1v) is 11.3. The Kier molecular flexibility index (Phi) is 5.94. The fourth-order valence-electron chi connectivity index (χ4n) is 3.42. The minimum Gasteiger partial charge on any atom is -0.355 e. The highest BCUT2D eigenvalue weighted by Crippen LogP contribution is 2.26. The molecule has 5 nitrogen and oxygen atoms in total. The lowest BCUT2D eigenvalue weighted by atomic mass is 9.97. The van der Waals surface area contributed by atoms with Gasteiger partial charge in [0.2, 0.25) is 5.91 Å². The van der Waals surface area contributed by atoms with Crippen molar-refractivity contribution in [2.75, 3.05) is 24.5 Å². The SMILES string of the molecule is O=C(NCCc1ccc(Cl)cc1)[C@H]1CCCN(c2nc3ccsc3c(=O)s2)C1. The highest BCUT2D eigenvalue weighted by Gasteiger charge is 2.27. The van der Waals surface area contributed by atoms with Crippen LogP contribution in [0.5, 0.6) is 0 Å². The molecule has 146 valence electrons. The van der Waals surface area contributed by atoms with Crippen molar-refractivity contribution in [2.45, 2.75) is 19.3 Å². The Morgan fingerprint density at radius 2 is 2.11 bits per heavy atom. The van der Waals surface area contributed by atoms with E-state index in [2.05, 4.69) is 15.2 Å². The summed E-state index contributed by atoms with van der Waals surface area (Å²) < 4.78 is 0.756. The number of hydrogen-bond donors (Lipinski definition) is 1. The summed E-state index contributed by atoms with van der Waals surface area (Å²) in [5.41, 5.74) is 1.89. The molecule has 1 N–H and O–H groups in total. The number of anilines is 1. The Hall–Kier alpha value is -1.96. The van der Waals surface area contributed by atoms with E-state index in [1.807, 2.05) is 35.7 Å². The zero-order valence-electron chi connectivity index (χ0n) is 15.2. The van der Waals surface area contributed by atoms with Gasteiger partial charge in [-0.3, -0.25) is 9.59 Å². The average Bonchev–Trinajstić information content (AvgIpc) is 3.19. The molecule has 3 heterocycles. The Morgan fingerprint density at radius 1 is 1.29 bits per heavy atom. The molecular weight excluding hydrogens is 414 g/mol. The van der Waals surface area contributed by atoms with Gasteiger partial charge in [0.25, 0.3) is 4.74 Å². The molecular formula is C20H20ClN3O2S2. The fourth-order valence-corrected chi connectivity index (χ4v) is 5.29. The normalized spacial score (nSPS) is 17.0. The highest BCUT2D eigenvalue weighted by atomic mass is 35.5. The fraction of sp³-hybridized carbons (Fsp3) is 0.350. The molecule has 0 bridgehead atoms. The van der Waals surface area contributed by atoms with Gasteiger partial charge in [0.15, 0.2) is 5.13 Å². The van der Waals surface area contributed by atoms with Crippen LogP contribution in [0.3, 0.4) is 0 Å². The van der Waals surface area contributed by atoms with Crippen molar-refractivity contribution >= 4 is 55.5 Å². The number of piperidine rings is 1. The van der Waals surface area contributed by atoms with Gasteiger partial charge in [-0.25, -0.2) is 4.98 Å². The lowest BCUT2D eigenvalue weighted by molar-refractivity contribution is -0.125. The van der Waals surface area contributed by atoms with Gasteiger partial charge in [0.1, 0.15) is 4.70 Å². The van der Waals surface area contributed by atoms with Gasteiger partial charge >= 0.3 is 0 Å². The maximum Gasteiger partial charge on any atom is 0.255 e. The van der Waals surface area contributed by atoms with Crippen LogP contribution < -0.4 is 15.0 Å². The Labute approximate surface area is 176 Å². The van der Waals surface area contributed by atoms with Gasteiger partial charge in [-0.15, -0.1) is 11.3 Å². The molecule has 1 atom stereocenters. The van der Waals surface area contributed by atoms with Crippen molar-refractivity contribution < 1.29 is 4.79 Å². The zero-order valence-corrected chi connectivity index (χ0v) is 17.6. The minimum absolute atomic E-state index is 0.0459. The lowest BCUT2D eigenvalue weighted by Gasteiger charge is -2.32. The molecule has 1 amide bonds. The maximum atomic E-state index is 12.6. The number of thiophene rings is 1. The smallest absolute Gasteiger partial charge is 0.255 e. The van der Waals surface area contributed by atoms with Gasteiger partial charge in [-0.05, 0) is 48.4 Å². The molecule has 1 aliphatic heterocycles. The van der Waals surface area contributed by atoms with Crippen LogP contribution in [0.2, 0.25) is 5.02 Å². The van der Waals surface area contributed by atoms with Gasteiger partial charge in [-0.2, -0.15) is 0 Å².